The average Bonchev–Trinajstić information content (AvgIpc) is 2.69. The molecule has 0 aromatic heterocycles. The molecule has 0 spiro atoms. The molecule has 1 aliphatic rings. The van der Waals surface area contributed by atoms with Crippen molar-refractivity contribution >= 4 is 17.3 Å². The highest BCUT2D eigenvalue weighted by molar-refractivity contribution is 6.01. The first-order chi connectivity index (χ1) is 12.7. The van der Waals surface area contributed by atoms with Gasteiger partial charge in [0.25, 0.3) is 5.91 Å². The zero-order chi connectivity index (χ0) is 18.5. The van der Waals surface area contributed by atoms with E-state index in [1.165, 1.54) is 5.69 Å². The molecule has 0 saturated carbocycles. The Morgan fingerprint density at radius 2 is 1.69 bits per heavy atom. The molecule has 0 fully saturated rings. The lowest BCUT2D eigenvalue weighted by Crippen LogP contribution is -2.43. The second kappa shape index (κ2) is 8.26. The first-order valence-corrected chi connectivity index (χ1v) is 9.71. The molecule has 0 bridgehead atoms. The summed E-state index contributed by atoms with van der Waals surface area (Å²) >= 11 is 0. The average molecular weight is 351 g/mol. The van der Waals surface area contributed by atoms with Crippen molar-refractivity contribution in [3.63, 3.8) is 0 Å². The van der Waals surface area contributed by atoms with Crippen molar-refractivity contribution in [1.82, 2.24) is 4.90 Å². The first kappa shape index (κ1) is 18.3. The predicted octanol–water partition coefficient (Wildman–Crippen LogP) is 4.90. The van der Waals surface area contributed by atoms with Gasteiger partial charge in [0.05, 0.1) is 5.56 Å². The summed E-state index contributed by atoms with van der Waals surface area (Å²) in [5.74, 6) is 0.116. The Labute approximate surface area is 156 Å². The van der Waals surface area contributed by atoms with Gasteiger partial charge in [-0.3, -0.25) is 4.79 Å². The minimum Gasteiger partial charge on any atom is -0.372 e. The summed E-state index contributed by atoms with van der Waals surface area (Å²) in [7, 11) is 0. The van der Waals surface area contributed by atoms with Crippen LogP contribution in [0.1, 0.15) is 55.7 Å². The Morgan fingerprint density at radius 1 is 1.00 bits per heavy atom. The third-order valence-electron chi connectivity index (χ3n) is 5.11. The maximum atomic E-state index is 13.1. The molecule has 138 valence electrons. The number of anilines is 2. The van der Waals surface area contributed by atoms with Crippen molar-refractivity contribution in [2.24, 2.45) is 0 Å². The molecular formula is C22H29N3O. The zero-order valence-corrected chi connectivity index (χ0v) is 16.0. The molecule has 1 heterocycles. The van der Waals surface area contributed by atoms with Crippen LogP contribution >= 0.6 is 0 Å². The van der Waals surface area contributed by atoms with Crippen LogP contribution in [0.2, 0.25) is 0 Å². The Balaban J connectivity index is 1.92. The van der Waals surface area contributed by atoms with Gasteiger partial charge in [-0.1, -0.05) is 37.6 Å². The molecule has 0 saturated heterocycles. The summed E-state index contributed by atoms with van der Waals surface area (Å²) < 4.78 is 0. The van der Waals surface area contributed by atoms with Crippen molar-refractivity contribution in [3.8, 4) is 0 Å². The highest BCUT2D eigenvalue weighted by atomic mass is 16.2. The maximum absolute atomic E-state index is 13.1. The molecule has 1 amide bonds. The number of nitrogens with one attached hydrogen (secondary N) is 1. The summed E-state index contributed by atoms with van der Waals surface area (Å²) in [6.45, 7) is 9.24. The molecule has 26 heavy (non-hydrogen) atoms. The van der Waals surface area contributed by atoms with Crippen LogP contribution in [-0.2, 0) is 0 Å². The lowest BCUT2D eigenvalue weighted by molar-refractivity contribution is 0.0680. The van der Waals surface area contributed by atoms with E-state index in [1.807, 2.05) is 29.2 Å². The molecule has 0 aliphatic carbocycles. The summed E-state index contributed by atoms with van der Waals surface area (Å²) in [4.78, 5) is 17.3. The van der Waals surface area contributed by atoms with E-state index >= 15 is 0 Å². The lowest BCUT2D eigenvalue weighted by Gasteiger charge is -2.38. The van der Waals surface area contributed by atoms with Gasteiger partial charge in [0.15, 0.2) is 0 Å². The third-order valence-corrected chi connectivity index (χ3v) is 5.11. The van der Waals surface area contributed by atoms with Gasteiger partial charge in [-0.2, -0.15) is 0 Å². The first-order valence-electron chi connectivity index (χ1n) is 9.71. The highest BCUT2D eigenvalue weighted by Crippen LogP contribution is 2.33. The van der Waals surface area contributed by atoms with E-state index in [1.54, 1.807) is 0 Å². The van der Waals surface area contributed by atoms with Gasteiger partial charge in [0.1, 0.15) is 6.17 Å². The standard InChI is InChI=1S/C22H29N3O/c1-4-7-16-25-21(23-20-11-9-8-10-19(20)22(25)26)17-12-14-18(15-13-17)24(5-2)6-3/h8-15,21,23H,4-7,16H2,1-3H3. The van der Waals surface area contributed by atoms with E-state index in [4.69, 9.17) is 0 Å². The van der Waals surface area contributed by atoms with Gasteiger partial charge in [0, 0.05) is 31.0 Å². The smallest absolute Gasteiger partial charge is 0.257 e. The number of unbranched alkanes of at least 4 members (excludes halogenated alkanes) is 1. The number of hydrogen-bond donors (Lipinski definition) is 1. The van der Waals surface area contributed by atoms with Crippen molar-refractivity contribution in [2.75, 3.05) is 29.9 Å². The SMILES string of the molecule is CCCCN1C(=O)c2ccccc2NC1c1ccc(N(CC)CC)cc1. The van der Waals surface area contributed by atoms with Crippen LogP contribution in [0.3, 0.4) is 0 Å². The van der Waals surface area contributed by atoms with E-state index < -0.39 is 0 Å². The van der Waals surface area contributed by atoms with Crippen LogP contribution < -0.4 is 10.2 Å². The number of para-hydroxylation sites is 1. The van der Waals surface area contributed by atoms with E-state index in [9.17, 15) is 4.79 Å². The number of carbonyl (C=O) groups excluding carboxylic acids is 1. The minimum absolute atomic E-state index is 0.116. The summed E-state index contributed by atoms with van der Waals surface area (Å²) in [6.07, 6.45) is 1.96. The summed E-state index contributed by atoms with van der Waals surface area (Å²) in [5.41, 5.74) is 4.03. The van der Waals surface area contributed by atoms with Crippen molar-refractivity contribution in [3.05, 3.63) is 59.7 Å². The molecular weight excluding hydrogens is 322 g/mol. The molecule has 1 atom stereocenters. The second-order valence-electron chi connectivity index (χ2n) is 6.71. The van der Waals surface area contributed by atoms with Crippen molar-refractivity contribution in [1.29, 1.82) is 0 Å². The molecule has 3 rings (SSSR count). The summed E-state index contributed by atoms with van der Waals surface area (Å²) in [5, 5.41) is 3.57. The Kier molecular flexibility index (Phi) is 5.82. The predicted molar refractivity (Wildman–Crippen MR) is 109 cm³/mol. The number of carbonyl (C=O) groups is 1. The molecule has 1 aliphatic heterocycles. The van der Waals surface area contributed by atoms with E-state index in [0.29, 0.717) is 0 Å². The fourth-order valence-electron chi connectivity index (χ4n) is 3.57. The molecule has 0 radical (unpaired) electrons. The van der Waals surface area contributed by atoms with Gasteiger partial charge < -0.3 is 15.1 Å². The molecule has 4 heteroatoms. The van der Waals surface area contributed by atoms with Crippen molar-refractivity contribution in [2.45, 2.75) is 39.8 Å². The zero-order valence-electron chi connectivity index (χ0n) is 16.0. The number of fused-ring (bicyclic) bond motifs is 1. The Hall–Kier alpha value is -2.49. The topological polar surface area (TPSA) is 35.6 Å². The quantitative estimate of drug-likeness (QED) is 0.771. The molecule has 1 N–H and O–H groups in total. The maximum Gasteiger partial charge on any atom is 0.257 e. The summed E-state index contributed by atoms with van der Waals surface area (Å²) in [6, 6.07) is 16.4. The van der Waals surface area contributed by atoms with Crippen LogP contribution in [0.15, 0.2) is 48.5 Å². The van der Waals surface area contributed by atoms with Gasteiger partial charge >= 0.3 is 0 Å². The Morgan fingerprint density at radius 3 is 2.35 bits per heavy atom. The van der Waals surface area contributed by atoms with Gasteiger partial charge in [-0.15, -0.1) is 0 Å². The lowest BCUT2D eigenvalue weighted by atomic mass is 10.0. The van der Waals surface area contributed by atoms with Gasteiger partial charge in [-0.05, 0) is 50.1 Å². The fraction of sp³-hybridized carbons (Fsp3) is 0.409. The molecule has 4 nitrogen and oxygen atoms in total. The van der Waals surface area contributed by atoms with Crippen LogP contribution in [0, 0.1) is 0 Å². The van der Waals surface area contributed by atoms with E-state index in [0.717, 1.165) is 49.3 Å². The largest absolute Gasteiger partial charge is 0.372 e. The number of rotatable bonds is 7. The van der Waals surface area contributed by atoms with Crippen molar-refractivity contribution < 1.29 is 4.79 Å². The third kappa shape index (κ3) is 3.55. The van der Waals surface area contributed by atoms with Gasteiger partial charge in [-0.25, -0.2) is 0 Å². The molecule has 2 aromatic rings. The molecule has 1 unspecified atom stereocenters. The monoisotopic (exact) mass is 351 g/mol. The molecule has 2 aromatic carbocycles. The van der Waals surface area contributed by atoms with Crippen LogP contribution in [-0.4, -0.2) is 30.4 Å². The van der Waals surface area contributed by atoms with Crippen LogP contribution in [0.5, 0.6) is 0 Å². The normalized spacial score (nSPS) is 16.2. The number of hydrogen-bond acceptors (Lipinski definition) is 3. The number of nitrogens with zero attached hydrogens (tertiary/aromatic N) is 2. The highest BCUT2D eigenvalue weighted by Gasteiger charge is 2.32. The number of amides is 1. The van der Waals surface area contributed by atoms with E-state index in [2.05, 4.69) is 55.3 Å². The second-order valence-corrected chi connectivity index (χ2v) is 6.71. The fourth-order valence-corrected chi connectivity index (χ4v) is 3.57. The van der Waals surface area contributed by atoms with Gasteiger partial charge in [0.2, 0.25) is 0 Å². The minimum atomic E-state index is -0.116. The van der Waals surface area contributed by atoms with Crippen LogP contribution in [0.25, 0.3) is 0 Å². The number of benzene rings is 2. The van der Waals surface area contributed by atoms with E-state index in [-0.39, 0.29) is 12.1 Å². The Bertz CT molecular complexity index is 737. The van der Waals surface area contributed by atoms with Crippen LogP contribution in [0.4, 0.5) is 11.4 Å².